The molecule has 5 heteroatoms. The van der Waals surface area contributed by atoms with Crippen LogP contribution in [0.5, 0.6) is 5.75 Å². The van der Waals surface area contributed by atoms with Gasteiger partial charge in [0, 0.05) is 12.1 Å². The maximum Gasteiger partial charge on any atom is 0.146 e. The van der Waals surface area contributed by atoms with Crippen molar-refractivity contribution in [3.63, 3.8) is 0 Å². The van der Waals surface area contributed by atoms with Crippen LogP contribution in [0.3, 0.4) is 0 Å². The number of benzene rings is 1. The molecule has 0 aliphatic heterocycles. The fourth-order valence-electron chi connectivity index (χ4n) is 1.27. The summed E-state index contributed by atoms with van der Waals surface area (Å²) >= 11 is 3.24. The van der Waals surface area contributed by atoms with Crippen LogP contribution in [0, 0.1) is 0 Å². The van der Waals surface area contributed by atoms with E-state index in [1.54, 1.807) is 24.5 Å². The second-order valence-corrected chi connectivity index (χ2v) is 4.02. The number of nitrogens with zero attached hydrogens (tertiary/aromatic N) is 2. The van der Waals surface area contributed by atoms with Gasteiger partial charge in [0.15, 0.2) is 0 Å². The second-order valence-electron chi connectivity index (χ2n) is 3.21. The number of nitrogens with one attached hydrogen (secondary N) is 1. The highest BCUT2D eigenvalue weighted by atomic mass is 79.9. The molecular formula is C11H10BrN3O. The quantitative estimate of drug-likeness (QED) is 0.907. The molecule has 0 aliphatic carbocycles. The third-order valence-corrected chi connectivity index (χ3v) is 2.44. The van der Waals surface area contributed by atoms with Gasteiger partial charge in [-0.3, -0.25) is 4.98 Å². The summed E-state index contributed by atoms with van der Waals surface area (Å²) in [6.45, 7) is 0.512. The van der Waals surface area contributed by atoms with E-state index in [4.69, 9.17) is 0 Å². The maximum absolute atomic E-state index is 9.56. The average molecular weight is 280 g/mol. The summed E-state index contributed by atoms with van der Waals surface area (Å²) in [4.78, 5) is 8.16. The van der Waals surface area contributed by atoms with E-state index in [1.165, 1.54) is 0 Å². The molecule has 4 nitrogen and oxygen atoms in total. The van der Waals surface area contributed by atoms with Crippen molar-refractivity contribution in [3.05, 3.63) is 46.8 Å². The smallest absolute Gasteiger partial charge is 0.146 e. The molecule has 0 aliphatic rings. The molecule has 2 rings (SSSR count). The van der Waals surface area contributed by atoms with Gasteiger partial charge in [0.25, 0.3) is 0 Å². The highest BCUT2D eigenvalue weighted by Gasteiger charge is 2.00. The van der Waals surface area contributed by atoms with Crippen LogP contribution in [0.25, 0.3) is 0 Å². The first kappa shape index (κ1) is 10.9. The lowest BCUT2D eigenvalue weighted by atomic mass is 10.2. The second kappa shape index (κ2) is 4.94. The summed E-state index contributed by atoms with van der Waals surface area (Å²) in [5.74, 6) is 0.940. The Balaban J connectivity index is 2.05. The molecule has 0 fully saturated rings. The lowest BCUT2D eigenvalue weighted by Crippen LogP contribution is -2.02. The van der Waals surface area contributed by atoms with Crippen LogP contribution in [-0.2, 0) is 6.54 Å². The summed E-state index contributed by atoms with van der Waals surface area (Å²) in [6.07, 6.45) is 3.25. The fourth-order valence-corrected chi connectivity index (χ4v) is 1.58. The summed E-state index contributed by atoms with van der Waals surface area (Å²) in [5, 5.41) is 12.6. The molecule has 0 spiro atoms. The molecule has 0 bridgehead atoms. The van der Waals surface area contributed by atoms with Crippen molar-refractivity contribution in [2.75, 3.05) is 5.32 Å². The zero-order chi connectivity index (χ0) is 11.4. The lowest BCUT2D eigenvalue weighted by Gasteiger charge is -2.06. The van der Waals surface area contributed by atoms with Gasteiger partial charge in [0.2, 0.25) is 0 Å². The van der Waals surface area contributed by atoms with Gasteiger partial charge in [0.1, 0.15) is 16.2 Å². The van der Waals surface area contributed by atoms with Gasteiger partial charge < -0.3 is 10.4 Å². The van der Waals surface area contributed by atoms with E-state index in [0.717, 1.165) is 5.56 Å². The number of para-hydroxylation sites is 1. The molecule has 1 heterocycles. The maximum atomic E-state index is 9.56. The number of phenols is 1. The SMILES string of the molecule is Oc1ccccc1CNc1cncc(Br)n1. The standard InChI is InChI=1S/C11H10BrN3O/c12-10-6-13-7-11(15-10)14-5-8-3-1-2-4-9(8)16/h1-4,6-7,16H,5H2,(H,14,15). The molecule has 82 valence electrons. The van der Waals surface area contributed by atoms with E-state index in [9.17, 15) is 5.11 Å². The van der Waals surface area contributed by atoms with Crippen molar-refractivity contribution < 1.29 is 5.11 Å². The van der Waals surface area contributed by atoms with Crippen LogP contribution in [0.2, 0.25) is 0 Å². The Kier molecular flexibility index (Phi) is 3.36. The first-order chi connectivity index (χ1) is 7.75. The Bertz CT molecular complexity index is 490. The van der Waals surface area contributed by atoms with Crippen LogP contribution in [-0.4, -0.2) is 15.1 Å². The van der Waals surface area contributed by atoms with Crippen LogP contribution < -0.4 is 5.32 Å². The number of hydrogen-bond acceptors (Lipinski definition) is 4. The van der Waals surface area contributed by atoms with Crippen LogP contribution in [0.1, 0.15) is 5.56 Å². The van der Waals surface area contributed by atoms with Gasteiger partial charge in [-0.2, -0.15) is 0 Å². The van der Waals surface area contributed by atoms with Gasteiger partial charge >= 0.3 is 0 Å². The van der Waals surface area contributed by atoms with Crippen molar-refractivity contribution in [3.8, 4) is 5.75 Å². The Morgan fingerprint density at radius 1 is 1.25 bits per heavy atom. The van der Waals surface area contributed by atoms with E-state index < -0.39 is 0 Å². The third-order valence-electron chi connectivity index (χ3n) is 2.06. The van der Waals surface area contributed by atoms with Gasteiger partial charge in [-0.25, -0.2) is 4.98 Å². The number of rotatable bonds is 3. The topological polar surface area (TPSA) is 58.0 Å². The van der Waals surface area contributed by atoms with Crippen molar-refractivity contribution >= 4 is 21.7 Å². The minimum Gasteiger partial charge on any atom is -0.508 e. The molecule has 0 atom stereocenters. The van der Waals surface area contributed by atoms with E-state index in [1.807, 2.05) is 12.1 Å². The van der Waals surface area contributed by atoms with E-state index in [2.05, 4.69) is 31.2 Å². The Morgan fingerprint density at radius 2 is 2.06 bits per heavy atom. The highest BCUT2D eigenvalue weighted by Crippen LogP contribution is 2.17. The van der Waals surface area contributed by atoms with Gasteiger partial charge in [-0.1, -0.05) is 18.2 Å². The van der Waals surface area contributed by atoms with Crippen molar-refractivity contribution in [1.82, 2.24) is 9.97 Å². The average Bonchev–Trinajstić information content (AvgIpc) is 2.28. The zero-order valence-electron chi connectivity index (χ0n) is 8.39. The molecule has 0 saturated heterocycles. The molecule has 0 unspecified atom stereocenters. The van der Waals surface area contributed by atoms with Crippen LogP contribution >= 0.6 is 15.9 Å². The number of aromatic hydroxyl groups is 1. The minimum atomic E-state index is 0.276. The predicted molar refractivity (Wildman–Crippen MR) is 65.2 cm³/mol. The zero-order valence-corrected chi connectivity index (χ0v) is 9.98. The number of anilines is 1. The van der Waals surface area contributed by atoms with Gasteiger partial charge in [-0.15, -0.1) is 0 Å². The molecule has 0 saturated carbocycles. The monoisotopic (exact) mass is 279 g/mol. The van der Waals surface area contributed by atoms with Gasteiger partial charge in [-0.05, 0) is 22.0 Å². The Morgan fingerprint density at radius 3 is 2.81 bits per heavy atom. The lowest BCUT2D eigenvalue weighted by molar-refractivity contribution is 0.469. The van der Waals surface area contributed by atoms with Crippen LogP contribution in [0.15, 0.2) is 41.3 Å². The van der Waals surface area contributed by atoms with E-state index in [0.29, 0.717) is 17.0 Å². The molecule has 2 aromatic rings. The molecule has 0 amide bonds. The van der Waals surface area contributed by atoms with Crippen molar-refractivity contribution in [2.24, 2.45) is 0 Å². The molecular weight excluding hydrogens is 270 g/mol. The fraction of sp³-hybridized carbons (Fsp3) is 0.0909. The van der Waals surface area contributed by atoms with Crippen LogP contribution in [0.4, 0.5) is 5.82 Å². The molecule has 0 radical (unpaired) electrons. The number of aromatic nitrogens is 2. The Hall–Kier alpha value is -1.62. The van der Waals surface area contributed by atoms with E-state index >= 15 is 0 Å². The number of hydrogen-bond donors (Lipinski definition) is 2. The molecule has 1 aromatic carbocycles. The molecule has 1 aromatic heterocycles. The highest BCUT2D eigenvalue weighted by molar-refractivity contribution is 9.10. The minimum absolute atomic E-state index is 0.276. The molecule has 16 heavy (non-hydrogen) atoms. The number of halogens is 1. The summed E-state index contributed by atoms with van der Waals surface area (Å²) < 4.78 is 0.676. The van der Waals surface area contributed by atoms with E-state index in [-0.39, 0.29) is 5.75 Å². The third kappa shape index (κ3) is 2.70. The van der Waals surface area contributed by atoms with Crippen molar-refractivity contribution in [2.45, 2.75) is 6.54 Å². The predicted octanol–water partition coefficient (Wildman–Crippen LogP) is 2.56. The normalized spacial score (nSPS) is 10.1. The summed E-state index contributed by atoms with van der Waals surface area (Å²) in [5.41, 5.74) is 0.823. The van der Waals surface area contributed by atoms with Crippen molar-refractivity contribution in [1.29, 1.82) is 0 Å². The summed E-state index contributed by atoms with van der Waals surface area (Å²) in [7, 11) is 0. The first-order valence-corrected chi connectivity index (χ1v) is 5.53. The largest absolute Gasteiger partial charge is 0.508 e. The Labute approximate surface area is 102 Å². The summed E-state index contributed by atoms with van der Waals surface area (Å²) in [6, 6.07) is 7.18. The van der Waals surface area contributed by atoms with Gasteiger partial charge in [0.05, 0.1) is 12.4 Å². The first-order valence-electron chi connectivity index (χ1n) is 4.74. The molecule has 2 N–H and O–H groups in total. The number of phenolic OH excluding ortho intramolecular Hbond substituents is 1.